The Kier molecular flexibility index (Phi) is 2.70. The molecule has 0 aliphatic heterocycles. The van der Waals surface area contributed by atoms with Gasteiger partial charge in [-0.05, 0) is 13.2 Å². The van der Waals surface area contributed by atoms with Crippen molar-refractivity contribution in [2.24, 2.45) is 0 Å². The first kappa shape index (κ1) is 8.33. The van der Waals surface area contributed by atoms with Crippen molar-refractivity contribution < 1.29 is 0 Å². The molecule has 1 aromatic rings. The fraction of sp³-hybridized carbons (Fsp3) is 0.429. The average molecular weight is 170 g/mol. The lowest BCUT2D eigenvalue weighted by Crippen LogP contribution is -2.20. The Morgan fingerprint density at radius 3 is 3.00 bits per heavy atom. The second kappa shape index (κ2) is 3.57. The summed E-state index contributed by atoms with van der Waals surface area (Å²) < 4.78 is 1.60. The zero-order valence-corrected chi connectivity index (χ0v) is 7.34. The van der Waals surface area contributed by atoms with E-state index in [1.807, 2.05) is 13.2 Å². The summed E-state index contributed by atoms with van der Waals surface area (Å²) in [6, 6.07) is 1.46. The maximum atomic E-state index is 11.1. The summed E-state index contributed by atoms with van der Waals surface area (Å²) in [6.45, 7) is 1.97. The molecule has 0 radical (unpaired) electrons. The Hall–Kier alpha value is -0.770. The highest BCUT2D eigenvalue weighted by atomic mass is 32.2. The molecule has 11 heavy (non-hydrogen) atoms. The number of rotatable bonds is 2. The Morgan fingerprint density at radius 1 is 1.73 bits per heavy atom. The van der Waals surface area contributed by atoms with Crippen molar-refractivity contribution in [2.75, 3.05) is 6.26 Å². The topological polar surface area (TPSA) is 34.9 Å². The molecule has 4 heteroatoms. The summed E-state index contributed by atoms with van der Waals surface area (Å²) in [5.41, 5.74) is 0.00171. The van der Waals surface area contributed by atoms with Gasteiger partial charge in [0.05, 0.1) is 11.7 Å². The lowest BCUT2D eigenvalue weighted by atomic mass is 10.6. The smallest absolute Gasteiger partial charge is 0.254 e. The van der Waals surface area contributed by atoms with Crippen LogP contribution in [0.25, 0.3) is 0 Å². The van der Waals surface area contributed by atoms with Crippen molar-refractivity contribution in [1.29, 1.82) is 0 Å². The predicted molar refractivity (Wildman–Crippen MR) is 46.7 cm³/mol. The van der Waals surface area contributed by atoms with Gasteiger partial charge in [0.15, 0.2) is 0 Å². The molecule has 0 aliphatic rings. The van der Waals surface area contributed by atoms with Crippen LogP contribution in [0.1, 0.15) is 12.3 Å². The van der Waals surface area contributed by atoms with Crippen LogP contribution in [-0.2, 0) is 0 Å². The minimum atomic E-state index is 0.00171. The molecule has 1 heterocycles. The average Bonchev–Trinajstić information content (AvgIpc) is 2.04. The summed E-state index contributed by atoms with van der Waals surface area (Å²) >= 11 is 1.61. The van der Waals surface area contributed by atoms with Gasteiger partial charge >= 0.3 is 0 Å². The lowest BCUT2D eigenvalue weighted by Gasteiger charge is -2.09. The molecule has 0 saturated heterocycles. The van der Waals surface area contributed by atoms with Crippen LogP contribution in [0.5, 0.6) is 0 Å². The molecule has 0 bridgehead atoms. The van der Waals surface area contributed by atoms with Gasteiger partial charge in [0.2, 0.25) is 0 Å². The van der Waals surface area contributed by atoms with E-state index < -0.39 is 0 Å². The van der Waals surface area contributed by atoms with Gasteiger partial charge in [-0.25, -0.2) is 4.98 Å². The summed E-state index contributed by atoms with van der Waals surface area (Å²) in [4.78, 5) is 15.0. The maximum absolute atomic E-state index is 11.1. The fourth-order valence-corrected chi connectivity index (χ4v) is 1.13. The summed E-state index contributed by atoms with van der Waals surface area (Å²) in [5.74, 6) is 0. The first-order valence-electron chi connectivity index (χ1n) is 3.30. The van der Waals surface area contributed by atoms with E-state index in [1.165, 1.54) is 12.3 Å². The molecule has 0 amide bonds. The zero-order valence-electron chi connectivity index (χ0n) is 6.52. The minimum Gasteiger partial charge on any atom is -0.287 e. The van der Waals surface area contributed by atoms with E-state index in [4.69, 9.17) is 0 Å². The third-order valence-electron chi connectivity index (χ3n) is 1.48. The summed E-state index contributed by atoms with van der Waals surface area (Å²) in [7, 11) is 0. The molecule has 0 fully saturated rings. The van der Waals surface area contributed by atoms with Crippen molar-refractivity contribution >= 4 is 11.8 Å². The highest BCUT2D eigenvalue weighted by molar-refractivity contribution is 7.98. The Labute approximate surface area is 69.5 Å². The van der Waals surface area contributed by atoms with Crippen molar-refractivity contribution in [2.45, 2.75) is 12.3 Å². The second-order valence-corrected chi connectivity index (χ2v) is 3.31. The Morgan fingerprint density at radius 2 is 2.45 bits per heavy atom. The van der Waals surface area contributed by atoms with Gasteiger partial charge in [0.25, 0.3) is 5.56 Å². The van der Waals surface area contributed by atoms with Gasteiger partial charge in [-0.3, -0.25) is 9.36 Å². The molecule has 0 spiro atoms. The van der Waals surface area contributed by atoms with Gasteiger partial charge in [-0.15, -0.1) is 11.8 Å². The number of nitrogens with zero attached hydrogens (tertiary/aromatic N) is 2. The number of hydrogen-bond donors (Lipinski definition) is 0. The summed E-state index contributed by atoms with van der Waals surface area (Å²) in [5, 5.41) is 0.163. The van der Waals surface area contributed by atoms with Crippen molar-refractivity contribution in [3.8, 4) is 0 Å². The Balaban J connectivity index is 3.03. The van der Waals surface area contributed by atoms with Crippen LogP contribution in [-0.4, -0.2) is 15.8 Å². The van der Waals surface area contributed by atoms with E-state index in [9.17, 15) is 4.79 Å². The first-order valence-corrected chi connectivity index (χ1v) is 4.59. The SMILES string of the molecule is CS[C@H](C)n1cnccc1=O. The number of hydrogen-bond acceptors (Lipinski definition) is 3. The lowest BCUT2D eigenvalue weighted by molar-refractivity contribution is 0.689. The third kappa shape index (κ3) is 1.83. The van der Waals surface area contributed by atoms with Crippen molar-refractivity contribution in [3.05, 3.63) is 28.9 Å². The molecule has 1 atom stereocenters. The molecule has 1 rings (SSSR count). The highest BCUT2D eigenvalue weighted by Gasteiger charge is 2.01. The van der Waals surface area contributed by atoms with E-state index in [0.717, 1.165) is 0 Å². The van der Waals surface area contributed by atoms with Crippen molar-refractivity contribution in [3.63, 3.8) is 0 Å². The highest BCUT2D eigenvalue weighted by Crippen LogP contribution is 2.14. The van der Waals surface area contributed by atoms with Gasteiger partial charge in [-0.2, -0.15) is 0 Å². The fourth-order valence-electron chi connectivity index (χ4n) is 0.747. The molecule has 0 aromatic carbocycles. The van der Waals surface area contributed by atoms with E-state index in [0.29, 0.717) is 0 Å². The first-order chi connectivity index (χ1) is 5.25. The van der Waals surface area contributed by atoms with Crippen LogP contribution in [0.2, 0.25) is 0 Å². The van der Waals surface area contributed by atoms with E-state index in [1.54, 1.807) is 22.7 Å². The van der Waals surface area contributed by atoms with Crippen LogP contribution in [0, 0.1) is 0 Å². The maximum Gasteiger partial charge on any atom is 0.254 e. The monoisotopic (exact) mass is 170 g/mol. The van der Waals surface area contributed by atoms with Crippen LogP contribution < -0.4 is 5.56 Å². The van der Waals surface area contributed by atoms with Crippen LogP contribution in [0.4, 0.5) is 0 Å². The van der Waals surface area contributed by atoms with E-state index in [2.05, 4.69) is 4.98 Å². The van der Waals surface area contributed by atoms with Crippen LogP contribution in [0.15, 0.2) is 23.4 Å². The number of aromatic nitrogens is 2. The quantitative estimate of drug-likeness (QED) is 0.667. The molecule has 1 aromatic heterocycles. The molecular weight excluding hydrogens is 160 g/mol. The molecular formula is C7H10N2OS. The van der Waals surface area contributed by atoms with Gasteiger partial charge in [0, 0.05) is 12.3 Å². The standard InChI is InChI=1S/C7H10N2OS/c1-6(11-2)9-5-8-4-3-7(9)10/h3-6H,1-2H3/t6-/m1/s1. The normalized spacial score (nSPS) is 12.9. The number of thioether (sulfide) groups is 1. The zero-order chi connectivity index (χ0) is 8.27. The molecule has 0 unspecified atom stereocenters. The molecule has 0 aliphatic carbocycles. The largest absolute Gasteiger partial charge is 0.287 e. The summed E-state index contributed by atoms with van der Waals surface area (Å²) in [6.07, 6.45) is 5.03. The van der Waals surface area contributed by atoms with Crippen LogP contribution >= 0.6 is 11.8 Å². The Bertz CT molecular complexity index is 284. The molecule has 0 saturated carbocycles. The van der Waals surface area contributed by atoms with E-state index >= 15 is 0 Å². The second-order valence-electron chi connectivity index (χ2n) is 2.16. The molecule has 60 valence electrons. The van der Waals surface area contributed by atoms with Gasteiger partial charge in [-0.1, -0.05) is 0 Å². The van der Waals surface area contributed by atoms with Crippen molar-refractivity contribution in [1.82, 2.24) is 9.55 Å². The minimum absolute atomic E-state index is 0.00171. The van der Waals surface area contributed by atoms with Gasteiger partial charge < -0.3 is 0 Å². The predicted octanol–water partition coefficient (Wildman–Crippen LogP) is 1.12. The third-order valence-corrected chi connectivity index (χ3v) is 2.39. The molecule has 0 N–H and O–H groups in total. The van der Waals surface area contributed by atoms with Gasteiger partial charge in [0.1, 0.15) is 0 Å². The van der Waals surface area contributed by atoms with Crippen LogP contribution in [0.3, 0.4) is 0 Å². The molecule has 3 nitrogen and oxygen atoms in total. The van der Waals surface area contributed by atoms with E-state index in [-0.39, 0.29) is 10.9 Å².